The van der Waals surface area contributed by atoms with Gasteiger partial charge in [0.25, 0.3) is 0 Å². The van der Waals surface area contributed by atoms with Gasteiger partial charge in [0.05, 0.1) is 0 Å². The van der Waals surface area contributed by atoms with Crippen molar-refractivity contribution >= 4 is 46.3 Å². The van der Waals surface area contributed by atoms with Gasteiger partial charge in [0, 0.05) is 21.0 Å². The summed E-state index contributed by atoms with van der Waals surface area (Å²) in [6.07, 6.45) is 3.42. The van der Waals surface area contributed by atoms with Crippen molar-refractivity contribution in [1.82, 2.24) is 0 Å². The molecule has 0 unspecified atom stereocenters. The number of hydrogen-bond acceptors (Lipinski definition) is 3. The molecule has 1 aromatic heterocycles. The third-order valence-corrected chi connectivity index (χ3v) is 3.93. The molecule has 0 atom stereocenters. The van der Waals surface area contributed by atoms with Gasteiger partial charge in [-0.2, -0.15) is 5.26 Å². The van der Waals surface area contributed by atoms with E-state index in [-0.39, 0.29) is 5.56 Å². The molecular weight excluding hydrogens is 333 g/mol. The monoisotopic (exact) mass is 341 g/mol. The average molecular weight is 342 g/mol. The summed E-state index contributed by atoms with van der Waals surface area (Å²) in [7, 11) is 0. The number of hydrogen-bond donors (Lipinski definition) is 0. The third kappa shape index (κ3) is 3.00. The van der Waals surface area contributed by atoms with E-state index in [1.54, 1.807) is 36.4 Å². The minimum Gasteiger partial charge on any atom is -0.422 e. The van der Waals surface area contributed by atoms with Crippen LogP contribution < -0.4 is 5.63 Å². The van der Waals surface area contributed by atoms with Gasteiger partial charge in [-0.05, 0) is 29.8 Å². The molecule has 0 aliphatic heterocycles. The zero-order chi connectivity index (χ0) is 16.4. The van der Waals surface area contributed by atoms with Gasteiger partial charge < -0.3 is 4.42 Å². The van der Waals surface area contributed by atoms with Crippen molar-refractivity contribution in [1.29, 1.82) is 5.26 Å². The van der Waals surface area contributed by atoms with Crippen LogP contribution in [0.5, 0.6) is 0 Å². The Morgan fingerprint density at radius 2 is 1.87 bits per heavy atom. The highest BCUT2D eigenvalue weighted by molar-refractivity contribution is 6.32. The molecule has 0 saturated carbocycles. The maximum atomic E-state index is 12.0. The van der Waals surface area contributed by atoms with E-state index >= 15 is 0 Å². The molecule has 0 aliphatic carbocycles. The molecule has 0 bridgehead atoms. The molecule has 0 aliphatic rings. The van der Waals surface area contributed by atoms with Crippen molar-refractivity contribution in [3.63, 3.8) is 0 Å². The Labute approximate surface area is 142 Å². The van der Waals surface area contributed by atoms with Gasteiger partial charge in [0.2, 0.25) is 0 Å². The number of benzene rings is 2. The van der Waals surface area contributed by atoms with Crippen molar-refractivity contribution in [3.8, 4) is 6.07 Å². The van der Waals surface area contributed by atoms with Crippen molar-refractivity contribution in [2.45, 2.75) is 0 Å². The lowest BCUT2D eigenvalue weighted by atomic mass is 10.0. The molecule has 0 radical (unpaired) electrons. The maximum Gasteiger partial charge on any atom is 0.354 e. The Morgan fingerprint density at radius 3 is 2.61 bits per heavy atom. The molecule has 0 spiro atoms. The topological polar surface area (TPSA) is 54.0 Å². The second kappa shape index (κ2) is 6.29. The first kappa shape index (κ1) is 15.4. The fourth-order valence-corrected chi connectivity index (χ4v) is 2.63. The molecular formula is C18H9Cl2NO2. The highest BCUT2D eigenvalue weighted by Gasteiger charge is 2.12. The molecule has 0 fully saturated rings. The number of rotatable bonds is 2. The van der Waals surface area contributed by atoms with E-state index in [9.17, 15) is 10.1 Å². The van der Waals surface area contributed by atoms with Crippen LogP contribution in [0, 0.1) is 11.3 Å². The fraction of sp³-hybridized carbons (Fsp3) is 0. The van der Waals surface area contributed by atoms with Gasteiger partial charge in [0.15, 0.2) is 0 Å². The van der Waals surface area contributed by atoms with Crippen LogP contribution in [-0.4, -0.2) is 0 Å². The minimum atomic E-state index is -0.680. The average Bonchev–Trinajstić information content (AvgIpc) is 2.54. The zero-order valence-electron chi connectivity index (χ0n) is 11.7. The summed E-state index contributed by atoms with van der Waals surface area (Å²) in [5.74, 6) is 0. The SMILES string of the molecule is N#Cc1c(/C=C/c2ccccc2Cl)c2cc(Cl)ccc2oc1=O. The summed E-state index contributed by atoms with van der Waals surface area (Å²) < 4.78 is 5.16. The minimum absolute atomic E-state index is 0.0666. The lowest BCUT2D eigenvalue weighted by Gasteiger charge is -2.04. The Kier molecular flexibility index (Phi) is 4.20. The molecule has 0 amide bonds. The van der Waals surface area contributed by atoms with E-state index in [2.05, 4.69) is 0 Å². The first-order valence-electron chi connectivity index (χ1n) is 6.69. The quantitative estimate of drug-likeness (QED) is 0.606. The van der Waals surface area contributed by atoms with Crippen LogP contribution in [-0.2, 0) is 0 Å². The van der Waals surface area contributed by atoms with Gasteiger partial charge >= 0.3 is 5.63 Å². The third-order valence-electron chi connectivity index (χ3n) is 3.35. The lowest BCUT2D eigenvalue weighted by molar-refractivity contribution is 0.558. The van der Waals surface area contributed by atoms with Crippen LogP contribution in [0.4, 0.5) is 0 Å². The highest BCUT2D eigenvalue weighted by Crippen LogP contribution is 2.26. The van der Waals surface area contributed by atoms with Gasteiger partial charge in [-0.3, -0.25) is 0 Å². The Balaban J connectivity index is 2.27. The maximum absolute atomic E-state index is 12.0. The molecule has 1 heterocycles. The Hall–Kier alpha value is -2.54. The number of fused-ring (bicyclic) bond motifs is 1. The summed E-state index contributed by atoms with van der Waals surface area (Å²) in [6.45, 7) is 0. The standard InChI is InChI=1S/C18H9Cl2NO2/c19-12-6-8-17-14(9-12)13(15(10-21)18(22)23-17)7-5-11-3-1-2-4-16(11)20/h1-9H/b7-5+. The molecule has 3 aromatic rings. The second-order valence-electron chi connectivity index (χ2n) is 4.79. The van der Waals surface area contributed by atoms with Crippen molar-refractivity contribution in [2.24, 2.45) is 0 Å². The summed E-state index contributed by atoms with van der Waals surface area (Å²) in [5, 5.41) is 10.9. The lowest BCUT2D eigenvalue weighted by Crippen LogP contribution is -2.06. The van der Waals surface area contributed by atoms with E-state index in [4.69, 9.17) is 27.6 Å². The smallest absolute Gasteiger partial charge is 0.354 e. The van der Waals surface area contributed by atoms with Crippen LogP contribution in [0.25, 0.3) is 23.1 Å². The van der Waals surface area contributed by atoms with Crippen LogP contribution >= 0.6 is 23.2 Å². The largest absolute Gasteiger partial charge is 0.422 e. The Morgan fingerprint density at radius 1 is 1.09 bits per heavy atom. The van der Waals surface area contributed by atoms with Gasteiger partial charge in [0.1, 0.15) is 17.2 Å². The number of halogens is 2. The van der Waals surface area contributed by atoms with E-state index in [0.29, 0.717) is 26.6 Å². The first-order chi connectivity index (χ1) is 11.1. The molecule has 5 heteroatoms. The molecule has 23 heavy (non-hydrogen) atoms. The fourth-order valence-electron chi connectivity index (χ4n) is 2.26. The normalized spacial score (nSPS) is 11.0. The van der Waals surface area contributed by atoms with Crippen LogP contribution in [0.2, 0.25) is 10.0 Å². The molecule has 0 saturated heterocycles. The predicted molar refractivity (Wildman–Crippen MR) is 92.6 cm³/mol. The van der Waals surface area contributed by atoms with E-state index in [0.717, 1.165) is 5.56 Å². The van der Waals surface area contributed by atoms with Gasteiger partial charge in [-0.15, -0.1) is 0 Å². The van der Waals surface area contributed by atoms with Crippen molar-refractivity contribution < 1.29 is 4.42 Å². The number of nitriles is 1. The molecule has 3 rings (SSSR count). The summed E-state index contributed by atoms with van der Waals surface area (Å²) >= 11 is 12.1. The molecule has 112 valence electrons. The van der Waals surface area contributed by atoms with E-state index in [1.807, 2.05) is 24.3 Å². The molecule has 2 aromatic carbocycles. The molecule has 3 nitrogen and oxygen atoms in total. The predicted octanol–water partition coefficient (Wildman–Crippen LogP) is 5.14. The van der Waals surface area contributed by atoms with E-state index in [1.165, 1.54) is 0 Å². The van der Waals surface area contributed by atoms with Gasteiger partial charge in [-0.1, -0.05) is 53.6 Å². The Bertz CT molecular complexity index is 1030. The summed E-state index contributed by atoms with van der Waals surface area (Å²) in [4.78, 5) is 12.0. The van der Waals surface area contributed by atoms with Crippen LogP contribution in [0.15, 0.2) is 51.7 Å². The van der Waals surface area contributed by atoms with E-state index < -0.39 is 5.63 Å². The van der Waals surface area contributed by atoms with Crippen LogP contribution in [0.1, 0.15) is 16.7 Å². The number of nitrogens with zero attached hydrogens (tertiary/aromatic N) is 1. The summed E-state index contributed by atoms with van der Waals surface area (Å²) in [5.41, 5.74) is 0.865. The second-order valence-corrected chi connectivity index (χ2v) is 5.63. The van der Waals surface area contributed by atoms with Crippen LogP contribution in [0.3, 0.4) is 0 Å². The zero-order valence-corrected chi connectivity index (χ0v) is 13.2. The van der Waals surface area contributed by atoms with Gasteiger partial charge in [-0.25, -0.2) is 4.79 Å². The van der Waals surface area contributed by atoms with Crippen molar-refractivity contribution in [3.05, 3.63) is 79.6 Å². The first-order valence-corrected chi connectivity index (χ1v) is 7.45. The molecule has 0 N–H and O–H groups in total. The summed E-state index contributed by atoms with van der Waals surface area (Å²) in [6, 6.07) is 14.1. The highest BCUT2D eigenvalue weighted by atomic mass is 35.5. The van der Waals surface area contributed by atoms with Crippen molar-refractivity contribution in [2.75, 3.05) is 0 Å².